The summed E-state index contributed by atoms with van der Waals surface area (Å²) in [6.45, 7) is 9.03. The molecule has 10 heavy (non-hydrogen) atoms. The smallest absolute Gasteiger partial charge is 0.00233 e. The molecule has 1 atom stereocenters. The highest BCUT2D eigenvalue weighted by molar-refractivity contribution is 4.55. The second kappa shape index (κ2) is 7.07. The Bertz CT molecular complexity index is 53.7. The fraction of sp³-hybridized carbons (Fsp3) is 1.00. The molecular formula is C9H21N. The Hall–Kier alpha value is -0.0400. The van der Waals surface area contributed by atoms with Crippen molar-refractivity contribution in [3.63, 3.8) is 0 Å². The van der Waals surface area contributed by atoms with Crippen LogP contribution in [0.2, 0.25) is 0 Å². The van der Waals surface area contributed by atoms with Crippen molar-refractivity contribution in [3.8, 4) is 0 Å². The summed E-state index contributed by atoms with van der Waals surface area (Å²) in [5.41, 5.74) is 0. The van der Waals surface area contributed by atoms with Gasteiger partial charge in [-0.25, -0.2) is 0 Å². The van der Waals surface area contributed by atoms with Crippen molar-refractivity contribution in [2.24, 2.45) is 5.92 Å². The Morgan fingerprint density at radius 2 is 2.00 bits per heavy atom. The zero-order valence-electron chi connectivity index (χ0n) is 7.61. The van der Waals surface area contributed by atoms with Gasteiger partial charge in [0.15, 0.2) is 0 Å². The fourth-order valence-electron chi connectivity index (χ4n) is 1.05. The molecule has 0 fully saturated rings. The van der Waals surface area contributed by atoms with Crippen LogP contribution >= 0.6 is 0 Å². The Balaban J connectivity index is 3.00. The van der Waals surface area contributed by atoms with Crippen molar-refractivity contribution in [1.29, 1.82) is 0 Å². The summed E-state index contributed by atoms with van der Waals surface area (Å²) < 4.78 is 0. The lowest BCUT2D eigenvalue weighted by molar-refractivity contribution is 0.471. The van der Waals surface area contributed by atoms with Crippen molar-refractivity contribution < 1.29 is 0 Å². The van der Waals surface area contributed by atoms with E-state index in [0.717, 1.165) is 12.5 Å². The first-order chi connectivity index (χ1) is 4.81. The van der Waals surface area contributed by atoms with Crippen LogP contribution in [-0.2, 0) is 0 Å². The molecule has 0 saturated heterocycles. The average molecular weight is 143 g/mol. The number of nitrogens with one attached hydrogen (secondary N) is 1. The number of hydrogen-bond donors (Lipinski definition) is 1. The van der Waals surface area contributed by atoms with Gasteiger partial charge in [0.1, 0.15) is 0 Å². The summed E-state index contributed by atoms with van der Waals surface area (Å²) >= 11 is 0. The van der Waals surface area contributed by atoms with Crippen LogP contribution in [0.1, 0.15) is 40.0 Å². The number of rotatable bonds is 6. The predicted molar refractivity (Wildman–Crippen MR) is 47.2 cm³/mol. The third-order valence-corrected chi connectivity index (χ3v) is 1.79. The van der Waals surface area contributed by atoms with Crippen LogP contribution in [0.5, 0.6) is 0 Å². The van der Waals surface area contributed by atoms with E-state index in [1.807, 2.05) is 0 Å². The van der Waals surface area contributed by atoms with Crippen molar-refractivity contribution in [1.82, 2.24) is 5.32 Å². The van der Waals surface area contributed by atoms with Gasteiger partial charge in [-0.05, 0) is 25.4 Å². The second-order valence-electron chi connectivity index (χ2n) is 3.06. The summed E-state index contributed by atoms with van der Waals surface area (Å²) in [6, 6.07) is 0. The van der Waals surface area contributed by atoms with Crippen LogP contribution in [0.3, 0.4) is 0 Å². The maximum atomic E-state index is 3.36. The molecule has 0 radical (unpaired) electrons. The molecule has 0 aromatic heterocycles. The van der Waals surface area contributed by atoms with Crippen LogP contribution in [-0.4, -0.2) is 13.1 Å². The lowest BCUT2D eigenvalue weighted by Crippen LogP contribution is -2.20. The van der Waals surface area contributed by atoms with E-state index in [2.05, 4.69) is 26.1 Å². The molecule has 0 aromatic carbocycles. The van der Waals surface area contributed by atoms with Crippen LogP contribution < -0.4 is 5.32 Å². The molecular weight excluding hydrogens is 122 g/mol. The van der Waals surface area contributed by atoms with E-state index in [-0.39, 0.29) is 0 Å². The second-order valence-corrected chi connectivity index (χ2v) is 3.06. The molecule has 0 heterocycles. The third kappa shape index (κ3) is 6.09. The molecule has 0 bridgehead atoms. The zero-order chi connectivity index (χ0) is 7.82. The van der Waals surface area contributed by atoms with Crippen LogP contribution in [0.15, 0.2) is 0 Å². The fourth-order valence-corrected chi connectivity index (χ4v) is 1.05. The molecule has 0 aliphatic heterocycles. The standard InChI is InChI=1S/C9H21N/c1-4-6-7-9(3)8-10-5-2/h9-10H,4-8H2,1-3H3/t9-/m0/s1. The summed E-state index contributed by atoms with van der Waals surface area (Å²) in [5, 5.41) is 3.36. The molecule has 1 heteroatoms. The molecule has 62 valence electrons. The Morgan fingerprint density at radius 3 is 2.50 bits per heavy atom. The SMILES string of the molecule is CCCC[C@H](C)CNCC. The molecule has 0 aromatic rings. The molecule has 1 nitrogen and oxygen atoms in total. The topological polar surface area (TPSA) is 12.0 Å². The van der Waals surface area contributed by atoms with Crippen molar-refractivity contribution in [2.75, 3.05) is 13.1 Å². The van der Waals surface area contributed by atoms with E-state index in [1.165, 1.54) is 25.8 Å². The molecule has 0 aliphatic carbocycles. The largest absolute Gasteiger partial charge is 0.317 e. The monoisotopic (exact) mass is 143 g/mol. The Kier molecular flexibility index (Phi) is 7.04. The van der Waals surface area contributed by atoms with Gasteiger partial charge >= 0.3 is 0 Å². The Morgan fingerprint density at radius 1 is 1.30 bits per heavy atom. The molecule has 0 saturated carbocycles. The van der Waals surface area contributed by atoms with Gasteiger partial charge in [-0.1, -0.05) is 33.6 Å². The zero-order valence-corrected chi connectivity index (χ0v) is 7.61. The third-order valence-electron chi connectivity index (χ3n) is 1.79. The highest BCUT2D eigenvalue weighted by Crippen LogP contribution is 2.05. The van der Waals surface area contributed by atoms with Crippen molar-refractivity contribution >= 4 is 0 Å². The number of hydrogen-bond acceptors (Lipinski definition) is 1. The highest BCUT2D eigenvalue weighted by Gasteiger charge is 1.98. The minimum absolute atomic E-state index is 0.861. The predicted octanol–water partition coefficient (Wildman–Crippen LogP) is 2.42. The van der Waals surface area contributed by atoms with Gasteiger partial charge in [0.05, 0.1) is 0 Å². The van der Waals surface area contributed by atoms with Gasteiger partial charge in [-0.15, -0.1) is 0 Å². The van der Waals surface area contributed by atoms with E-state index >= 15 is 0 Å². The maximum Gasteiger partial charge on any atom is -0.00233 e. The van der Waals surface area contributed by atoms with Gasteiger partial charge in [-0.2, -0.15) is 0 Å². The average Bonchev–Trinajstić information content (AvgIpc) is 1.97. The molecule has 0 spiro atoms. The quantitative estimate of drug-likeness (QED) is 0.602. The van der Waals surface area contributed by atoms with E-state index in [1.54, 1.807) is 0 Å². The van der Waals surface area contributed by atoms with Crippen LogP contribution in [0, 0.1) is 5.92 Å². The minimum Gasteiger partial charge on any atom is -0.317 e. The summed E-state index contributed by atoms with van der Waals surface area (Å²) in [4.78, 5) is 0. The number of unbranched alkanes of at least 4 members (excludes halogenated alkanes) is 1. The first-order valence-electron chi connectivity index (χ1n) is 4.52. The molecule has 0 rings (SSSR count). The van der Waals surface area contributed by atoms with E-state index in [9.17, 15) is 0 Å². The minimum atomic E-state index is 0.861. The summed E-state index contributed by atoms with van der Waals surface area (Å²) in [5.74, 6) is 0.861. The molecule has 1 N–H and O–H groups in total. The molecule has 0 unspecified atom stereocenters. The van der Waals surface area contributed by atoms with Crippen molar-refractivity contribution in [2.45, 2.75) is 40.0 Å². The normalized spacial score (nSPS) is 13.5. The molecule has 0 aliphatic rings. The van der Waals surface area contributed by atoms with Gasteiger partial charge < -0.3 is 5.32 Å². The lowest BCUT2D eigenvalue weighted by Gasteiger charge is -2.09. The molecule has 0 amide bonds. The van der Waals surface area contributed by atoms with Crippen molar-refractivity contribution in [3.05, 3.63) is 0 Å². The van der Waals surface area contributed by atoms with Gasteiger partial charge in [0.25, 0.3) is 0 Å². The van der Waals surface area contributed by atoms with E-state index in [4.69, 9.17) is 0 Å². The van der Waals surface area contributed by atoms with E-state index < -0.39 is 0 Å². The van der Waals surface area contributed by atoms with Gasteiger partial charge in [0.2, 0.25) is 0 Å². The van der Waals surface area contributed by atoms with Gasteiger partial charge in [-0.3, -0.25) is 0 Å². The Labute approximate surface area is 65.2 Å². The lowest BCUT2D eigenvalue weighted by atomic mass is 10.0. The van der Waals surface area contributed by atoms with Gasteiger partial charge in [0, 0.05) is 0 Å². The van der Waals surface area contributed by atoms with E-state index in [0.29, 0.717) is 0 Å². The first kappa shape index (κ1) is 9.96. The first-order valence-corrected chi connectivity index (χ1v) is 4.52. The summed E-state index contributed by atoms with van der Waals surface area (Å²) in [6.07, 6.45) is 4.09. The van der Waals surface area contributed by atoms with Crippen LogP contribution in [0.25, 0.3) is 0 Å². The van der Waals surface area contributed by atoms with Crippen LogP contribution in [0.4, 0.5) is 0 Å². The maximum absolute atomic E-state index is 3.36. The summed E-state index contributed by atoms with van der Waals surface area (Å²) in [7, 11) is 0. The highest BCUT2D eigenvalue weighted by atomic mass is 14.8.